The first-order chi connectivity index (χ1) is 9.76. The van der Waals surface area contributed by atoms with E-state index in [0.717, 1.165) is 18.4 Å². The second kappa shape index (κ2) is 5.76. The summed E-state index contributed by atoms with van der Waals surface area (Å²) in [6.45, 7) is 5.98. The second-order valence-corrected chi connectivity index (χ2v) is 6.34. The van der Waals surface area contributed by atoms with Crippen molar-refractivity contribution in [3.8, 4) is 0 Å². The van der Waals surface area contributed by atoms with Gasteiger partial charge in [-0.25, -0.2) is 9.59 Å². The van der Waals surface area contributed by atoms with E-state index in [-0.39, 0.29) is 17.7 Å². The number of hydrogen-bond acceptors (Lipinski definition) is 3. The van der Waals surface area contributed by atoms with Crippen molar-refractivity contribution in [2.24, 2.45) is 0 Å². The molecule has 0 aromatic heterocycles. The fourth-order valence-corrected chi connectivity index (χ4v) is 2.00. The van der Waals surface area contributed by atoms with Gasteiger partial charge >= 0.3 is 12.1 Å². The van der Waals surface area contributed by atoms with Crippen LogP contribution < -0.4 is 0 Å². The molecule has 1 aromatic rings. The largest absolute Gasteiger partial charge is 0.478 e. The lowest BCUT2D eigenvalue weighted by Crippen LogP contribution is -2.37. The molecule has 5 nitrogen and oxygen atoms in total. The molecule has 1 fully saturated rings. The zero-order chi connectivity index (χ0) is 15.6. The SMILES string of the molecule is CC(C)(C)OC(=O)N(Cc1ccc(C(=O)O)cc1)C1CC1. The molecule has 1 aromatic carbocycles. The van der Waals surface area contributed by atoms with Crippen LogP contribution in [-0.2, 0) is 11.3 Å². The Morgan fingerprint density at radius 2 is 1.81 bits per heavy atom. The Hall–Kier alpha value is -2.04. The Morgan fingerprint density at radius 3 is 2.24 bits per heavy atom. The van der Waals surface area contributed by atoms with Crippen LogP contribution >= 0.6 is 0 Å². The molecule has 0 radical (unpaired) electrons. The van der Waals surface area contributed by atoms with Crippen LogP contribution in [0.25, 0.3) is 0 Å². The van der Waals surface area contributed by atoms with Crippen LogP contribution in [0.2, 0.25) is 0 Å². The zero-order valence-corrected chi connectivity index (χ0v) is 12.6. The van der Waals surface area contributed by atoms with Crippen molar-refractivity contribution in [2.75, 3.05) is 0 Å². The van der Waals surface area contributed by atoms with E-state index >= 15 is 0 Å². The average Bonchev–Trinajstić information content (AvgIpc) is 3.18. The molecule has 0 unspecified atom stereocenters. The number of ether oxygens (including phenoxy) is 1. The Bertz CT molecular complexity index is 526. The van der Waals surface area contributed by atoms with Crippen LogP contribution in [0.1, 0.15) is 49.5 Å². The standard InChI is InChI=1S/C16H21NO4/c1-16(2,3)21-15(20)17(13-8-9-13)10-11-4-6-12(7-5-11)14(18)19/h4-7,13H,8-10H2,1-3H3,(H,18,19). The van der Waals surface area contributed by atoms with E-state index < -0.39 is 11.6 Å². The molecule has 5 heteroatoms. The van der Waals surface area contributed by atoms with Crippen molar-refractivity contribution in [1.82, 2.24) is 4.90 Å². The maximum Gasteiger partial charge on any atom is 0.410 e. The van der Waals surface area contributed by atoms with E-state index in [9.17, 15) is 9.59 Å². The van der Waals surface area contributed by atoms with Crippen molar-refractivity contribution in [3.63, 3.8) is 0 Å². The minimum absolute atomic E-state index is 0.235. The molecule has 0 bridgehead atoms. The van der Waals surface area contributed by atoms with Crippen molar-refractivity contribution in [3.05, 3.63) is 35.4 Å². The highest BCUT2D eigenvalue weighted by Crippen LogP contribution is 2.30. The van der Waals surface area contributed by atoms with E-state index in [1.807, 2.05) is 20.8 Å². The summed E-state index contributed by atoms with van der Waals surface area (Å²) < 4.78 is 5.43. The Balaban J connectivity index is 2.06. The molecular weight excluding hydrogens is 270 g/mol. The molecule has 2 rings (SSSR count). The Kier molecular flexibility index (Phi) is 4.21. The number of aromatic carboxylic acids is 1. The molecule has 1 N–H and O–H groups in total. The summed E-state index contributed by atoms with van der Waals surface area (Å²) in [6.07, 6.45) is 1.67. The lowest BCUT2D eigenvalue weighted by molar-refractivity contribution is 0.0216. The molecule has 0 saturated heterocycles. The van der Waals surface area contributed by atoms with Gasteiger partial charge in [0, 0.05) is 12.6 Å². The summed E-state index contributed by atoms with van der Waals surface area (Å²) >= 11 is 0. The van der Waals surface area contributed by atoms with Gasteiger partial charge in [0.15, 0.2) is 0 Å². The van der Waals surface area contributed by atoms with Gasteiger partial charge in [0.05, 0.1) is 5.56 Å². The monoisotopic (exact) mass is 291 g/mol. The number of carboxylic acid groups (broad SMARTS) is 1. The fraction of sp³-hybridized carbons (Fsp3) is 0.500. The van der Waals surface area contributed by atoms with Crippen molar-refractivity contribution in [1.29, 1.82) is 0 Å². The third kappa shape index (κ3) is 4.48. The van der Waals surface area contributed by atoms with Gasteiger partial charge in [0.25, 0.3) is 0 Å². The van der Waals surface area contributed by atoms with Gasteiger partial charge in [0.2, 0.25) is 0 Å². The van der Waals surface area contributed by atoms with Crippen LogP contribution in [0, 0.1) is 0 Å². The zero-order valence-electron chi connectivity index (χ0n) is 12.6. The summed E-state index contributed by atoms with van der Waals surface area (Å²) in [5.41, 5.74) is 0.629. The maximum atomic E-state index is 12.2. The van der Waals surface area contributed by atoms with Crippen molar-refractivity contribution in [2.45, 2.75) is 51.8 Å². The van der Waals surface area contributed by atoms with Gasteiger partial charge < -0.3 is 14.7 Å². The molecule has 1 aliphatic rings. The van der Waals surface area contributed by atoms with Crippen LogP contribution in [-0.4, -0.2) is 33.7 Å². The highest BCUT2D eigenvalue weighted by Gasteiger charge is 2.35. The van der Waals surface area contributed by atoms with Crippen LogP contribution in [0.3, 0.4) is 0 Å². The first-order valence-corrected chi connectivity index (χ1v) is 7.08. The van der Waals surface area contributed by atoms with Gasteiger partial charge in [-0.05, 0) is 51.3 Å². The smallest absolute Gasteiger partial charge is 0.410 e. The molecule has 0 atom stereocenters. The molecule has 0 heterocycles. The van der Waals surface area contributed by atoms with Gasteiger partial charge in [-0.15, -0.1) is 0 Å². The highest BCUT2D eigenvalue weighted by molar-refractivity contribution is 5.87. The van der Waals surface area contributed by atoms with Crippen molar-refractivity contribution < 1.29 is 19.4 Å². The van der Waals surface area contributed by atoms with Gasteiger partial charge in [-0.2, -0.15) is 0 Å². The number of nitrogens with zero attached hydrogens (tertiary/aromatic N) is 1. The van der Waals surface area contributed by atoms with E-state index in [0.29, 0.717) is 6.54 Å². The quantitative estimate of drug-likeness (QED) is 0.924. The Morgan fingerprint density at radius 1 is 1.24 bits per heavy atom. The summed E-state index contributed by atoms with van der Waals surface area (Å²) in [5, 5.41) is 8.89. The first kappa shape index (κ1) is 15.4. The molecular formula is C16H21NO4. The van der Waals surface area contributed by atoms with E-state index in [2.05, 4.69) is 0 Å². The molecule has 0 spiro atoms. The third-order valence-corrected chi connectivity index (χ3v) is 3.17. The lowest BCUT2D eigenvalue weighted by Gasteiger charge is -2.27. The lowest BCUT2D eigenvalue weighted by atomic mass is 10.1. The van der Waals surface area contributed by atoms with Crippen LogP contribution in [0.15, 0.2) is 24.3 Å². The fourth-order valence-electron chi connectivity index (χ4n) is 2.00. The molecule has 1 saturated carbocycles. The van der Waals surface area contributed by atoms with Crippen LogP contribution in [0.5, 0.6) is 0 Å². The number of carboxylic acids is 1. The highest BCUT2D eigenvalue weighted by atomic mass is 16.6. The Labute approximate surface area is 124 Å². The van der Waals surface area contributed by atoms with Gasteiger partial charge in [0.1, 0.15) is 5.60 Å². The number of carbonyl (C=O) groups is 2. The summed E-state index contributed by atoms with van der Waals surface area (Å²) in [4.78, 5) is 24.8. The normalized spacial score (nSPS) is 14.6. The number of benzene rings is 1. The third-order valence-electron chi connectivity index (χ3n) is 3.17. The molecule has 1 aliphatic carbocycles. The predicted molar refractivity (Wildman–Crippen MR) is 78.2 cm³/mol. The van der Waals surface area contributed by atoms with Crippen molar-refractivity contribution >= 4 is 12.1 Å². The van der Waals surface area contributed by atoms with E-state index in [1.165, 1.54) is 0 Å². The summed E-state index contributed by atoms with van der Waals surface area (Å²) in [7, 11) is 0. The number of hydrogen-bond donors (Lipinski definition) is 1. The average molecular weight is 291 g/mol. The molecule has 1 amide bonds. The minimum atomic E-state index is -0.951. The van der Waals surface area contributed by atoms with Crippen LogP contribution in [0.4, 0.5) is 4.79 Å². The molecule has 114 valence electrons. The number of amides is 1. The topological polar surface area (TPSA) is 66.8 Å². The first-order valence-electron chi connectivity index (χ1n) is 7.08. The minimum Gasteiger partial charge on any atom is -0.478 e. The number of rotatable bonds is 4. The second-order valence-electron chi connectivity index (χ2n) is 6.34. The maximum absolute atomic E-state index is 12.2. The summed E-state index contributed by atoms with van der Waals surface area (Å²) in [5.74, 6) is -0.951. The number of carbonyl (C=O) groups excluding carboxylic acids is 1. The predicted octanol–water partition coefficient (Wildman–Crippen LogP) is 3.28. The van der Waals surface area contributed by atoms with E-state index in [1.54, 1.807) is 29.2 Å². The van der Waals surface area contributed by atoms with E-state index in [4.69, 9.17) is 9.84 Å². The molecule has 0 aliphatic heterocycles. The van der Waals surface area contributed by atoms with Gasteiger partial charge in [-0.3, -0.25) is 0 Å². The summed E-state index contributed by atoms with van der Waals surface area (Å²) in [6, 6.07) is 6.82. The van der Waals surface area contributed by atoms with Gasteiger partial charge in [-0.1, -0.05) is 12.1 Å². The molecule has 21 heavy (non-hydrogen) atoms.